The van der Waals surface area contributed by atoms with Crippen LogP contribution in [-0.2, 0) is 4.79 Å². The molecule has 1 unspecified atom stereocenters. The van der Waals surface area contributed by atoms with E-state index >= 15 is 0 Å². The van der Waals surface area contributed by atoms with Gasteiger partial charge in [-0.3, -0.25) is 14.0 Å². The van der Waals surface area contributed by atoms with Gasteiger partial charge < -0.3 is 16.4 Å². The SMILES string of the molecule is CC#CC(=O)NC1CC=C(c2nc(-c3ccc(C(=O)Nc4cc(C#N)ccn4)cc3)c3c(N)nccn23)CC1. The molecule has 0 radical (unpaired) electrons. The van der Waals surface area contributed by atoms with Gasteiger partial charge in [-0.1, -0.05) is 24.1 Å². The lowest BCUT2D eigenvalue weighted by Crippen LogP contribution is -2.34. The number of hydrogen-bond donors (Lipinski definition) is 3. The Kier molecular flexibility index (Phi) is 7.02. The predicted molar refractivity (Wildman–Crippen MR) is 147 cm³/mol. The molecular weight excluding hydrogens is 492 g/mol. The maximum absolute atomic E-state index is 12.7. The maximum atomic E-state index is 12.7. The summed E-state index contributed by atoms with van der Waals surface area (Å²) in [6, 6.07) is 12.1. The van der Waals surface area contributed by atoms with Crippen molar-refractivity contribution in [2.45, 2.75) is 32.2 Å². The van der Waals surface area contributed by atoms with Gasteiger partial charge in [0.1, 0.15) is 28.7 Å². The number of amides is 2. The highest BCUT2D eigenvalue weighted by atomic mass is 16.2. The first-order valence-corrected chi connectivity index (χ1v) is 12.3. The van der Waals surface area contributed by atoms with Crippen molar-refractivity contribution in [3.63, 3.8) is 0 Å². The fourth-order valence-corrected chi connectivity index (χ4v) is 4.53. The van der Waals surface area contributed by atoms with E-state index in [9.17, 15) is 9.59 Å². The Morgan fingerprint density at radius 2 is 1.97 bits per heavy atom. The Hall–Kier alpha value is -5.48. The third kappa shape index (κ3) is 5.31. The van der Waals surface area contributed by atoms with Crippen LogP contribution in [0.4, 0.5) is 11.6 Å². The monoisotopic (exact) mass is 516 g/mol. The number of nitrogen functional groups attached to an aromatic ring is 1. The summed E-state index contributed by atoms with van der Waals surface area (Å²) >= 11 is 0. The van der Waals surface area contributed by atoms with Gasteiger partial charge in [0, 0.05) is 35.8 Å². The fraction of sp³-hybridized carbons (Fsp3) is 0.172. The van der Waals surface area contributed by atoms with Crippen LogP contribution in [0.1, 0.15) is 47.9 Å². The van der Waals surface area contributed by atoms with E-state index in [4.69, 9.17) is 16.0 Å². The first kappa shape index (κ1) is 25.2. The first-order valence-electron chi connectivity index (χ1n) is 12.3. The van der Waals surface area contributed by atoms with Crippen LogP contribution in [0, 0.1) is 23.2 Å². The third-order valence-corrected chi connectivity index (χ3v) is 6.41. The molecule has 1 atom stereocenters. The van der Waals surface area contributed by atoms with Gasteiger partial charge in [0.05, 0.1) is 11.6 Å². The molecule has 3 aromatic heterocycles. The Labute approximate surface area is 224 Å². The van der Waals surface area contributed by atoms with E-state index in [1.54, 1.807) is 31.3 Å². The zero-order valence-electron chi connectivity index (χ0n) is 21.1. The van der Waals surface area contributed by atoms with E-state index < -0.39 is 0 Å². The van der Waals surface area contributed by atoms with E-state index in [0.29, 0.717) is 40.4 Å². The number of nitrogens with zero attached hydrogens (tertiary/aromatic N) is 5. The van der Waals surface area contributed by atoms with Crippen molar-refractivity contribution in [1.82, 2.24) is 24.7 Å². The van der Waals surface area contributed by atoms with Gasteiger partial charge in [-0.05, 0) is 61.9 Å². The normalized spacial score (nSPS) is 14.5. The third-order valence-electron chi connectivity index (χ3n) is 6.41. The number of nitrogens with two attached hydrogens (primary N) is 1. The zero-order valence-corrected chi connectivity index (χ0v) is 21.1. The molecule has 0 saturated heterocycles. The number of carbonyl (C=O) groups excluding carboxylic acids is 2. The molecule has 0 spiro atoms. The van der Waals surface area contributed by atoms with Gasteiger partial charge in [0.2, 0.25) is 0 Å². The second kappa shape index (κ2) is 10.9. The highest BCUT2D eigenvalue weighted by Crippen LogP contribution is 2.33. The van der Waals surface area contributed by atoms with E-state index in [1.165, 1.54) is 12.3 Å². The largest absolute Gasteiger partial charge is 0.382 e. The van der Waals surface area contributed by atoms with Crippen LogP contribution in [0.2, 0.25) is 0 Å². The van der Waals surface area contributed by atoms with Gasteiger partial charge in [-0.2, -0.15) is 5.26 Å². The number of rotatable bonds is 5. The molecule has 0 saturated carbocycles. The standard InChI is InChI=1S/C29H24N8O2/c1-2-3-24(38)34-22-10-8-20(9-11-22)28-36-25(26-27(31)33-14-15-37(26)28)19-4-6-21(7-5-19)29(39)35-23-16-18(17-30)12-13-32-23/h4-8,12-16,22H,9-11H2,1H3,(H2,31,33)(H,34,38)(H,32,35,39). The van der Waals surface area contributed by atoms with Crippen molar-refractivity contribution in [3.8, 4) is 29.2 Å². The molecule has 0 fully saturated rings. The number of nitrogens with one attached hydrogen (secondary N) is 2. The molecular formula is C29H24N8O2. The first-order chi connectivity index (χ1) is 19.0. The molecule has 0 aliphatic heterocycles. The fourth-order valence-electron chi connectivity index (χ4n) is 4.53. The van der Waals surface area contributed by atoms with Gasteiger partial charge >= 0.3 is 0 Å². The molecule has 10 heteroatoms. The molecule has 4 aromatic rings. The lowest BCUT2D eigenvalue weighted by atomic mass is 9.94. The average Bonchev–Trinajstić information content (AvgIpc) is 3.35. The average molecular weight is 517 g/mol. The zero-order chi connectivity index (χ0) is 27.4. The van der Waals surface area contributed by atoms with E-state index in [-0.39, 0.29) is 17.9 Å². The molecule has 5 rings (SSSR count). The van der Waals surface area contributed by atoms with E-state index in [2.05, 4.69) is 38.5 Å². The number of pyridine rings is 1. The summed E-state index contributed by atoms with van der Waals surface area (Å²) in [5.74, 6) is 5.92. The summed E-state index contributed by atoms with van der Waals surface area (Å²) in [6.07, 6.45) is 9.19. The Balaban J connectivity index is 1.41. The molecule has 1 aromatic carbocycles. The van der Waals surface area contributed by atoms with Crippen molar-refractivity contribution in [1.29, 1.82) is 5.26 Å². The lowest BCUT2D eigenvalue weighted by Gasteiger charge is -2.21. The number of fused-ring (bicyclic) bond motifs is 1. The Bertz CT molecular complexity index is 1720. The van der Waals surface area contributed by atoms with Crippen LogP contribution >= 0.6 is 0 Å². The van der Waals surface area contributed by atoms with E-state index in [1.807, 2.05) is 28.8 Å². The van der Waals surface area contributed by atoms with Crippen molar-refractivity contribution in [2.24, 2.45) is 0 Å². The minimum atomic E-state index is -0.348. The second-order valence-corrected chi connectivity index (χ2v) is 8.94. The highest BCUT2D eigenvalue weighted by Gasteiger charge is 2.23. The van der Waals surface area contributed by atoms with Crippen LogP contribution in [0.25, 0.3) is 22.3 Å². The Morgan fingerprint density at radius 1 is 1.15 bits per heavy atom. The number of benzene rings is 1. The van der Waals surface area contributed by atoms with Crippen LogP contribution in [0.3, 0.4) is 0 Å². The number of imidazole rings is 1. The minimum absolute atomic E-state index is 0.0239. The summed E-state index contributed by atoms with van der Waals surface area (Å²) in [5, 5.41) is 14.7. The van der Waals surface area contributed by atoms with Crippen molar-refractivity contribution < 1.29 is 9.59 Å². The minimum Gasteiger partial charge on any atom is -0.382 e. The Morgan fingerprint density at radius 3 is 2.69 bits per heavy atom. The predicted octanol–water partition coefficient (Wildman–Crippen LogP) is 3.57. The van der Waals surface area contributed by atoms with Gasteiger partial charge in [-0.15, -0.1) is 0 Å². The number of anilines is 2. The van der Waals surface area contributed by atoms with Crippen molar-refractivity contribution >= 4 is 34.5 Å². The number of aromatic nitrogens is 4. The van der Waals surface area contributed by atoms with Crippen LogP contribution in [0.15, 0.2) is 61.1 Å². The molecule has 192 valence electrons. The number of allylic oxidation sites excluding steroid dienone is 1. The topological polar surface area (TPSA) is 151 Å². The van der Waals surface area contributed by atoms with E-state index in [0.717, 1.165) is 29.8 Å². The molecule has 2 amide bonds. The number of nitriles is 1. The van der Waals surface area contributed by atoms with Crippen molar-refractivity contribution in [2.75, 3.05) is 11.1 Å². The molecule has 4 N–H and O–H groups in total. The summed E-state index contributed by atoms with van der Waals surface area (Å²) in [7, 11) is 0. The van der Waals surface area contributed by atoms with Crippen LogP contribution < -0.4 is 16.4 Å². The maximum Gasteiger partial charge on any atom is 0.296 e. The molecule has 39 heavy (non-hydrogen) atoms. The van der Waals surface area contributed by atoms with Gasteiger partial charge in [0.15, 0.2) is 0 Å². The van der Waals surface area contributed by atoms with Crippen LogP contribution in [-0.4, -0.2) is 37.2 Å². The molecule has 10 nitrogen and oxygen atoms in total. The second-order valence-electron chi connectivity index (χ2n) is 8.94. The smallest absolute Gasteiger partial charge is 0.296 e. The number of hydrogen-bond acceptors (Lipinski definition) is 7. The summed E-state index contributed by atoms with van der Waals surface area (Å²) in [4.78, 5) is 37.9. The summed E-state index contributed by atoms with van der Waals surface area (Å²) in [6.45, 7) is 1.64. The molecule has 1 aliphatic carbocycles. The number of carbonyl (C=O) groups is 2. The highest BCUT2D eigenvalue weighted by molar-refractivity contribution is 6.04. The quantitative estimate of drug-likeness (QED) is 0.343. The molecule has 3 heterocycles. The van der Waals surface area contributed by atoms with Gasteiger partial charge in [-0.25, -0.2) is 15.0 Å². The summed E-state index contributed by atoms with van der Waals surface area (Å²) in [5.41, 5.74) is 10.3. The van der Waals surface area contributed by atoms with Crippen molar-refractivity contribution in [3.05, 3.63) is 78.0 Å². The van der Waals surface area contributed by atoms with Gasteiger partial charge in [0.25, 0.3) is 11.8 Å². The molecule has 1 aliphatic rings. The van der Waals surface area contributed by atoms with Crippen LogP contribution in [0.5, 0.6) is 0 Å². The molecule has 0 bridgehead atoms. The lowest BCUT2D eigenvalue weighted by molar-refractivity contribution is -0.116. The summed E-state index contributed by atoms with van der Waals surface area (Å²) < 4.78 is 1.93.